The summed E-state index contributed by atoms with van der Waals surface area (Å²) in [5, 5.41) is 16.3. The van der Waals surface area contributed by atoms with Crippen molar-refractivity contribution in [2.75, 3.05) is 77.5 Å². The van der Waals surface area contributed by atoms with E-state index in [-0.39, 0.29) is 55.7 Å². The van der Waals surface area contributed by atoms with Gasteiger partial charge in [-0.2, -0.15) is 0 Å². The average Bonchev–Trinajstić information content (AvgIpc) is 3.96. The molecular formula is C48H53F2N5O13. The van der Waals surface area contributed by atoms with Crippen molar-refractivity contribution in [1.29, 1.82) is 0 Å². The number of imide groups is 2. The number of nitrogens with one attached hydrogen (secondary N) is 3. The average molecular weight is 946 g/mol. The molecule has 2 atom stereocenters. The molecule has 0 radical (unpaired) electrons. The van der Waals surface area contributed by atoms with Crippen molar-refractivity contribution >= 4 is 57.8 Å². The molecule has 0 bridgehead atoms. The van der Waals surface area contributed by atoms with Crippen LogP contribution in [-0.4, -0.2) is 140 Å². The SMILES string of the molecule is O=C1CCC(N2C(=O)c3cccc(CCCOCCOCCOCCOCCOCCCC(=O)c4cc5cc(N6CCC(O)(C(=O)NCc7cc(F)cc(F)c7)C6=O)ccc5[nH]4)c3C2=O)C(=O)N1. The Morgan fingerprint density at radius 1 is 0.779 bits per heavy atom. The van der Waals surface area contributed by atoms with E-state index in [0.717, 1.165) is 17.0 Å². The van der Waals surface area contributed by atoms with Crippen molar-refractivity contribution in [2.45, 2.75) is 63.1 Å². The normalized spacial score (nSPS) is 18.2. The Labute approximate surface area is 389 Å². The van der Waals surface area contributed by atoms with Gasteiger partial charge in [0.05, 0.1) is 69.7 Å². The van der Waals surface area contributed by atoms with Crippen LogP contribution in [0.3, 0.4) is 0 Å². The van der Waals surface area contributed by atoms with E-state index in [9.17, 15) is 47.4 Å². The van der Waals surface area contributed by atoms with Crippen molar-refractivity contribution in [3.8, 4) is 0 Å². The van der Waals surface area contributed by atoms with Gasteiger partial charge in [0, 0.05) is 68.2 Å². The second kappa shape index (κ2) is 23.1. The first-order valence-electron chi connectivity index (χ1n) is 22.5. The summed E-state index contributed by atoms with van der Waals surface area (Å²) in [6, 6.07) is 13.6. The lowest BCUT2D eigenvalue weighted by Crippen LogP contribution is -2.54. The number of hydrogen-bond acceptors (Lipinski definition) is 13. The van der Waals surface area contributed by atoms with Gasteiger partial charge < -0.3 is 44.0 Å². The lowest BCUT2D eigenvalue weighted by atomic mass is 9.99. The number of rotatable bonds is 26. The molecular weight excluding hydrogens is 893 g/mol. The van der Waals surface area contributed by atoms with Gasteiger partial charge in [0.15, 0.2) is 5.78 Å². The Morgan fingerprint density at radius 3 is 2.09 bits per heavy atom. The molecule has 4 heterocycles. The van der Waals surface area contributed by atoms with Gasteiger partial charge in [-0.25, -0.2) is 8.78 Å². The van der Waals surface area contributed by atoms with Gasteiger partial charge in [-0.05, 0) is 79.3 Å². The number of aromatic nitrogens is 1. The van der Waals surface area contributed by atoms with Crippen molar-refractivity contribution in [3.63, 3.8) is 0 Å². The van der Waals surface area contributed by atoms with E-state index in [0.29, 0.717) is 125 Å². The molecule has 3 aliphatic heterocycles. The van der Waals surface area contributed by atoms with Crippen molar-refractivity contribution in [2.24, 2.45) is 0 Å². The summed E-state index contributed by atoms with van der Waals surface area (Å²) in [5.74, 6) is -5.68. The van der Waals surface area contributed by atoms with Crippen molar-refractivity contribution < 1.29 is 71.1 Å². The maximum atomic E-state index is 13.5. The van der Waals surface area contributed by atoms with Gasteiger partial charge in [-0.3, -0.25) is 43.8 Å². The van der Waals surface area contributed by atoms with Crippen LogP contribution in [0.25, 0.3) is 10.9 Å². The molecule has 68 heavy (non-hydrogen) atoms. The number of ketones is 1. The molecule has 0 spiro atoms. The summed E-state index contributed by atoms with van der Waals surface area (Å²) in [4.78, 5) is 94.6. The number of ether oxygens (including phenoxy) is 5. The largest absolute Gasteiger partial charge is 0.379 e. The number of H-pyrrole nitrogens is 1. The van der Waals surface area contributed by atoms with Crippen molar-refractivity contribution in [3.05, 3.63) is 100 Å². The number of aryl methyl sites for hydroxylation is 1. The number of aliphatic hydroxyl groups is 1. The molecule has 3 aliphatic rings. The molecule has 18 nitrogen and oxygen atoms in total. The number of hydrogen-bond donors (Lipinski definition) is 4. The van der Waals surface area contributed by atoms with Crippen LogP contribution in [0.5, 0.6) is 0 Å². The lowest BCUT2D eigenvalue weighted by molar-refractivity contribution is -0.149. The third-order valence-corrected chi connectivity index (χ3v) is 11.7. The maximum Gasteiger partial charge on any atom is 0.268 e. The fourth-order valence-electron chi connectivity index (χ4n) is 8.25. The predicted octanol–water partition coefficient (Wildman–Crippen LogP) is 3.31. The Balaban J connectivity index is 0.683. The van der Waals surface area contributed by atoms with Crippen LogP contribution in [0.4, 0.5) is 14.5 Å². The zero-order valence-corrected chi connectivity index (χ0v) is 37.3. The molecule has 0 aliphatic carbocycles. The Hall–Kier alpha value is -6.29. The van der Waals surface area contributed by atoms with Gasteiger partial charge in [0.1, 0.15) is 17.7 Å². The van der Waals surface area contributed by atoms with Crippen LogP contribution >= 0.6 is 0 Å². The van der Waals surface area contributed by atoms with Gasteiger partial charge in [0.2, 0.25) is 17.4 Å². The molecule has 4 aromatic rings. The highest BCUT2D eigenvalue weighted by molar-refractivity contribution is 6.24. The van der Waals surface area contributed by atoms with E-state index in [1.54, 1.807) is 42.5 Å². The van der Waals surface area contributed by atoms with E-state index in [1.165, 1.54) is 4.90 Å². The molecule has 4 N–H and O–H groups in total. The quantitative estimate of drug-likeness (QED) is 0.0307. The first-order chi connectivity index (χ1) is 32.8. The number of fused-ring (bicyclic) bond motifs is 2. The number of benzene rings is 3. The van der Waals surface area contributed by atoms with Crippen molar-refractivity contribution in [1.82, 2.24) is 20.5 Å². The Kier molecular flexibility index (Phi) is 16.9. The first kappa shape index (κ1) is 49.6. The summed E-state index contributed by atoms with van der Waals surface area (Å²) < 4.78 is 55.0. The molecule has 7 rings (SSSR count). The molecule has 6 amide bonds. The van der Waals surface area contributed by atoms with Crippen LogP contribution < -0.4 is 15.5 Å². The summed E-state index contributed by atoms with van der Waals surface area (Å²) >= 11 is 0. The molecule has 0 saturated carbocycles. The fraction of sp³-hybridized carbons (Fsp3) is 0.438. The van der Waals surface area contributed by atoms with E-state index >= 15 is 0 Å². The second-order valence-electron chi connectivity index (χ2n) is 16.5. The van der Waals surface area contributed by atoms with Crippen LogP contribution in [0.15, 0.2) is 60.7 Å². The van der Waals surface area contributed by atoms with E-state index in [4.69, 9.17) is 23.7 Å². The molecule has 2 fully saturated rings. The highest BCUT2D eigenvalue weighted by Gasteiger charge is 2.52. The molecule has 3 aromatic carbocycles. The maximum absolute atomic E-state index is 13.5. The summed E-state index contributed by atoms with van der Waals surface area (Å²) in [6.07, 6.45) is 1.79. The number of amides is 6. The summed E-state index contributed by atoms with van der Waals surface area (Å²) in [7, 11) is 0. The topological polar surface area (TPSA) is 232 Å². The minimum Gasteiger partial charge on any atom is -0.379 e. The third-order valence-electron chi connectivity index (χ3n) is 11.7. The van der Waals surface area contributed by atoms with E-state index in [2.05, 4.69) is 15.6 Å². The molecule has 362 valence electrons. The number of nitrogens with zero attached hydrogens (tertiary/aromatic N) is 2. The molecule has 1 aromatic heterocycles. The fourth-order valence-corrected chi connectivity index (χ4v) is 8.25. The number of carbonyl (C=O) groups is 7. The number of anilines is 1. The number of Topliss-reactive ketones (excluding diaryl/α,β-unsaturated/α-hetero) is 1. The van der Waals surface area contributed by atoms with Gasteiger partial charge in [-0.1, -0.05) is 12.1 Å². The zero-order chi connectivity index (χ0) is 48.2. The minimum absolute atomic E-state index is 0.0490. The first-order valence-corrected chi connectivity index (χ1v) is 22.5. The standard InChI is InChI=1S/C48H53F2N5O13/c49-33-24-30(25-34(50)28-33)29-51-46(61)48(63)12-13-54(47(48)62)35-8-9-37-32(26-35)27-38(52-37)40(56)7-3-15-65-17-19-67-21-23-68-22-20-66-18-16-64-14-2-5-31-4-1-6-36-42(31)45(60)55(44(36)59)39-10-11-41(57)53-43(39)58/h1,4,6,8-9,24-28,39,52,63H,2-3,5,7,10-23,29H2,(H,51,61)(H,53,57,58). The van der Waals surface area contributed by atoms with E-state index < -0.39 is 58.7 Å². The van der Waals surface area contributed by atoms with Crippen LogP contribution in [0, 0.1) is 11.6 Å². The summed E-state index contributed by atoms with van der Waals surface area (Å²) in [6.45, 7) is 3.48. The molecule has 2 unspecified atom stereocenters. The monoisotopic (exact) mass is 945 g/mol. The number of halogens is 2. The third kappa shape index (κ3) is 12.0. The highest BCUT2D eigenvalue weighted by Crippen LogP contribution is 2.33. The molecule has 2 saturated heterocycles. The molecule has 20 heteroatoms. The van der Waals surface area contributed by atoms with Crippen LogP contribution in [-0.2, 0) is 55.8 Å². The highest BCUT2D eigenvalue weighted by atomic mass is 19.1. The summed E-state index contributed by atoms with van der Waals surface area (Å²) in [5.41, 5.74) is 0.510. The lowest BCUT2D eigenvalue weighted by Gasteiger charge is -2.27. The van der Waals surface area contributed by atoms with Gasteiger partial charge >= 0.3 is 0 Å². The number of piperidine rings is 1. The smallest absolute Gasteiger partial charge is 0.268 e. The van der Waals surface area contributed by atoms with Crippen LogP contribution in [0.1, 0.15) is 80.9 Å². The van der Waals surface area contributed by atoms with E-state index in [1.807, 2.05) is 0 Å². The van der Waals surface area contributed by atoms with Gasteiger partial charge in [0.25, 0.3) is 23.6 Å². The van der Waals surface area contributed by atoms with Gasteiger partial charge in [-0.15, -0.1) is 0 Å². The minimum atomic E-state index is -2.36. The Bertz CT molecular complexity index is 2510. The Morgan fingerprint density at radius 2 is 1.43 bits per heavy atom. The zero-order valence-electron chi connectivity index (χ0n) is 37.3. The number of aromatic amines is 1. The van der Waals surface area contributed by atoms with Crippen LogP contribution in [0.2, 0.25) is 0 Å². The predicted molar refractivity (Wildman–Crippen MR) is 238 cm³/mol. The second-order valence-corrected chi connectivity index (χ2v) is 16.5. The number of carbonyl (C=O) groups excluding carboxylic acids is 7.